The molecular weight excluding hydrogens is 268 g/mol. The van der Waals surface area contributed by atoms with Crippen LogP contribution in [0.4, 0.5) is 0 Å². The minimum Gasteiger partial charge on any atom is -0.480 e. The van der Waals surface area contributed by atoms with Crippen molar-refractivity contribution in [2.75, 3.05) is 0 Å². The first-order chi connectivity index (χ1) is 9.99. The Bertz CT molecular complexity index is 446. The van der Waals surface area contributed by atoms with Crippen LogP contribution in [0.25, 0.3) is 0 Å². The molecule has 1 heterocycles. The lowest BCUT2D eigenvalue weighted by Crippen LogP contribution is -2.41. The Labute approximate surface area is 126 Å². The first kappa shape index (κ1) is 17.1. The Kier molecular flexibility index (Phi) is 7.43. The van der Waals surface area contributed by atoms with Gasteiger partial charge in [-0.25, -0.2) is 9.36 Å². The van der Waals surface area contributed by atoms with Crippen molar-refractivity contribution in [3.05, 3.63) is 30.6 Å². The average Bonchev–Trinajstić information content (AvgIpc) is 2.43. The predicted octanol–water partition coefficient (Wildman–Crippen LogP) is 1.76. The Morgan fingerprint density at radius 3 is 2.38 bits per heavy atom. The third-order valence-electron chi connectivity index (χ3n) is 3.19. The van der Waals surface area contributed by atoms with E-state index in [2.05, 4.69) is 9.88 Å². The van der Waals surface area contributed by atoms with E-state index in [1.54, 1.807) is 0 Å². The first-order valence-electron chi connectivity index (χ1n) is 7.45. The van der Waals surface area contributed by atoms with Gasteiger partial charge in [0.2, 0.25) is 5.91 Å². The summed E-state index contributed by atoms with van der Waals surface area (Å²) in [5.41, 5.74) is 0. The van der Waals surface area contributed by atoms with Crippen molar-refractivity contribution in [3.8, 4) is 0 Å². The number of nitrogens with zero attached hydrogens (tertiary/aromatic N) is 1. The maximum absolute atomic E-state index is 11.8. The van der Waals surface area contributed by atoms with Crippen LogP contribution in [-0.4, -0.2) is 23.0 Å². The molecule has 0 saturated heterocycles. The van der Waals surface area contributed by atoms with Gasteiger partial charge in [0.15, 0.2) is 12.4 Å². The minimum absolute atomic E-state index is 0.180. The SMILES string of the molecule is CC(C)CC(NC(=O)CCCC[n+]1ccccc1)C(=O)O. The summed E-state index contributed by atoms with van der Waals surface area (Å²) < 4.78 is 2.07. The minimum atomic E-state index is -0.961. The Balaban J connectivity index is 2.25. The van der Waals surface area contributed by atoms with Crippen molar-refractivity contribution in [1.29, 1.82) is 0 Å². The predicted molar refractivity (Wildman–Crippen MR) is 79.5 cm³/mol. The highest BCUT2D eigenvalue weighted by atomic mass is 16.4. The number of carbonyl (C=O) groups excluding carboxylic acids is 1. The maximum atomic E-state index is 11.8. The molecule has 0 saturated carbocycles. The van der Waals surface area contributed by atoms with Crippen LogP contribution >= 0.6 is 0 Å². The fourth-order valence-electron chi connectivity index (χ4n) is 2.12. The monoisotopic (exact) mass is 293 g/mol. The van der Waals surface area contributed by atoms with Gasteiger partial charge in [-0.15, -0.1) is 0 Å². The number of carboxylic acid groups (broad SMARTS) is 1. The Morgan fingerprint density at radius 2 is 1.81 bits per heavy atom. The summed E-state index contributed by atoms with van der Waals surface area (Å²) >= 11 is 0. The van der Waals surface area contributed by atoms with Crippen molar-refractivity contribution < 1.29 is 19.3 Å². The van der Waals surface area contributed by atoms with E-state index in [-0.39, 0.29) is 11.8 Å². The molecule has 1 rings (SSSR count). The van der Waals surface area contributed by atoms with E-state index >= 15 is 0 Å². The number of aromatic nitrogens is 1. The van der Waals surface area contributed by atoms with Crippen molar-refractivity contribution >= 4 is 11.9 Å². The fraction of sp³-hybridized carbons (Fsp3) is 0.562. The zero-order valence-electron chi connectivity index (χ0n) is 12.8. The van der Waals surface area contributed by atoms with Gasteiger partial charge < -0.3 is 10.4 Å². The van der Waals surface area contributed by atoms with Gasteiger partial charge in [0.1, 0.15) is 12.6 Å². The van der Waals surface area contributed by atoms with E-state index < -0.39 is 12.0 Å². The molecule has 0 bridgehead atoms. The largest absolute Gasteiger partial charge is 0.480 e. The van der Waals surface area contributed by atoms with Crippen LogP contribution in [0, 0.1) is 5.92 Å². The number of nitrogens with one attached hydrogen (secondary N) is 1. The maximum Gasteiger partial charge on any atom is 0.326 e. The summed E-state index contributed by atoms with van der Waals surface area (Å²) in [6.45, 7) is 4.75. The number of unbranched alkanes of at least 4 members (excludes halogenated alkanes) is 1. The molecule has 0 fully saturated rings. The summed E-state index contributed by atoms with van der Waals surface area (Å²) in [5, 5.41) is 11.7. The molecule has 0 aromatic carbocycles. The molecule has 21 heavy (non-hydrogen) atoms. The second-order valence-electron chi connectivity index (χ2n) is 5.66. The van der Waals surface area contributed by atoms with E-state index in [1.807, 2.05) is 44.4 Å². The zero-order valence-corrected chi connectivity index (χ0v) is 12.8. The number of carboxylic acids is 1. The third-order valence-corrected chi connectivity index (χ3v) is 3.19. The summed E-state index contributed by atoms with van der Waals surface area (Å²) in [6, 6.07) is 5.12. The topological polar surface area (TPSA) is 70.3 Å². The highest BCUT2D eigenvalue weighted by Crippen LogP contribution is 2.06. The molecule has 1 unspecified atom stereocenters. The van der Waals surface area contributed by atoms with Gasteiger partial charge in [-0.3, -0.25) is 4.79 Å². The van der Waals surface area contributed by atoms with E-state index in [0.29, 0.717) is 12.8 Å². The van der Waals surface area contributed by atoms with Crippen LogP contribution in [-0.2, 0) is 16.1 Å². The van der Waals surface area contributed by atoms with Gasteiger partial charge in [-0.1, -0.05) is 19.9 Å². The van der Waals surface area contributed by atoms with Crippen molar-refractivity contribution in [3.63, 3.8) is 0 Å². The highest BCUT2D eigenvalue weighted by Gasteiger charge is 2.20. The average molecular weight is 293 g/mol. The molecule has 1 amide bonds. The van der Waals surface area contributed by atoms with Gasteiger partial charge in [0.25, 0.3) is 0 Å². The second-order valence-corrected chi connectivity index (χ2v) is 5.66. The van der Waals surface area contributed by atoms with Crippen LogP contribution in [0.15, 0.2) is 30.6 Å². The van der Waals surface area contributed by atoms with E-state index in [1.165, 1.54) is 0 Å². The molecule has 0 spiro atoms. The molecule has 5 nitrogen and oxygen atoms in total. The molecule has 1 aromatic heterocycles. The quantitative estimate of drug-likeness (QED) is 0.538. The normalized spacial score (nSPS) is 12.1. The van der Waals surface area contributed by atoms with Crippen molar-refractivity contribution in [2.45, 2.75) is 52.1 Å². The molecule has 0 aliphatic rings. The molecular formula is C16H25N2O3+. The molecule has 0 aliphatic carbocycles. The number of aliphatic carboxylic acids is 1. The van der Waals surface area contributed by atoms with Gasteiger partial charge in [0, 0.05) is 25.0 Å². The smallest absolute Gasteiger partial charge is 0.326 e. The summed E-state index contributed by atoms with van der Waals surface area (Å²) in [4.78, 5) is 22.8. The van der Waals surface area contributed by atoms with Crippen LogP contribution in [0.2, 0.25) is 0 Å². The Hall–Kier alpha value is -1.91. The molecule has 1 atom stereocenters. The molecule has 116 valence electrons. The first-order valence-corrected chi connectivity index (χ1v) is 7.45. The lowest BCUT2D eigenvalue weighted by Gasteiger charge is -2.16. The lowest BCUT2D eigenvalue weighted by atomic mass is 10.0. The molecule has 5 heteroatoms. The van der Waals surface area contributed by atoms with E-state index in [9.17, 15) is 9.59 Å². The van der Waals surface area contributed by atoms with Gasteiger partial charge in [-0.2, -0.15) is 0 Å². The van der Waals surface area contributed by atoms with Crippen LogP contribution in [0.5, 0.6) is 0 Å². The lowest BCUT2D eigenvalue weighted by molar-refractivity contribution is -0.697. The second kappa shape index (κ2) is 9.10. The van der Waals surface area contributed by atoms with Gasteiger partial charge in [-0.05, 0) is 18.8 Å². The number of amides is 1. The molecule has 2 N–H and O–H groups in total. The Morgan fingerprint density at radius 1 is 1.14 bits per heavy atom. The highest BCUT2D eigenvalue weighted by molar-refractivity contribution is 5.83. The molecule has 1 aromatic rings. The van der Waals surface area contributed by atoms with Crippen LogP contribution < -0.4 is 9.88 Å². The number of carbonyl (C=O) groups is 2. The number of hydrogen-bond acceptors (Lipinski definition) is 2. The number of aryl methyl sites for hydroxylation is 1. The van der Waals surface area contributed by atoms with E-state index in [4.69, 9.17) is 5.11 Å². The zero-order chi connectivity index (χ0) is 15.7. The van der Waals surface area contributed by atoms with Crippen molar-refractivity contribution in [2.24, 2.45) is 5.92 Å². The van der Waals surface area contributed by atoms with E-state index in [0.717, 1.165) is 19.4 Å². The van der Waals surface area contributed by atoms with Gasteiger partial charge >= 0.3 is 5.97 Å². The fourth-order valence-corrected chi connectivity index (χ4v) is 2.12. The van der Waals surface area contributed by atoms with Crippen LogP contribution in [0.1, 0.15) is 39.5 Å². The molecule has 0 aliphatic heterocycles. The standard InChI is InChI=1S/C16H24N2O3/c1-13(2)12-14(16(20)21)17-15(19)8-4-7-11-18-9-5-3-6-10-18/h3,5-6,9-10,13-14H,4,7-8,11-12H2,1-2H3,(H-,17,19,20,21)/p+1. The van der Waals surface area contributed by atoms with Crippen LogP contribution in [0.3, 0.4) is 0 Å². The number of pyridine rings is 1. The summed E-state index contributed by atoms with van der Waals surface area (Å²) in [5.74, 6) is -0.904. The third kappa shape index (κ3) is 7.44. The van der Waals surface area contributed by atoms with Crippen molar-refractivity contribution in [1.82, 2.24) is 5.32 Å². The summed E-state index contributed by atoms with van der Waals surface area (Å²) in [7, 11) is 0. The number of hydrogen-bond donors (Lipinski definition) is 2. The van der Waals surface area contributed by atoms with Gasteiger partial charge in [0.05, 0.1) is 0 Å². The number of rotatable bonds is 9. The summed E-state index contributed by atoms with van der Waals surface area (Å²) in [6.07, 6.45) is 6.45. The molecule has 0 radical (unpaired) electrons.